The van der Waals surface area contributed by atoms with Gasteiger partial charge in [-0.3, -0.25) is 14.7 Å². The number of aromatic nitrogens is 1. The average molecular weight is 357 g/mol. The van der Waals surface area contributed by atoms with Crippen LogP contribution in [0.5, 0.6) is 0 Å². The summed E-state index contributed by atoms with van der Waals surface area (Å²) in [6.45, 7) is 2.80. The minimum Gasteiger partial charge on any atom is -0.378 e. The Morgan fingerprint density at radius 1 is 1.15 bits per heavy atom. The molecule has 1 amide bonds. The molecule has 1 aliphatic carbocycles. The van der Waals surface area contributed by atoms with Crippen molar-refractivity contribution >= 4 is 5.91 Å². The van der Waals surface area contributed by atoms with Gasteiger partial charge in [0.2, 0.25) is 5.91 Å². The van der Waals surface area contributed by atoms with Gasteiger partial charge < -0.3 is 9.64 Å². The van der Waals surface area contributed by atoms with Crippen molar-refractivity contribution in [1.29, 1.82) is 0 Å². The number of rotatable bonds is 4. The number of hydrogen-bond acceptors (Lipinski definition) is 4. The molecule has 142 valence electrons. The third-order valence-electron chi connectivity index (χ3n) is 6.63. The number of carbonyl (C=O) groups is 1. The molecule has 0 radical (unpaired) electrons. The quantitative estimate of drug-likeness (QED) is 0.831. The van der Waals surface area contributed by atoms with Crippen molar-refractivity contribution in [3.8, 4) is 0 Å². The van der Waals surface area contributed by atoms with E-state index >= 15 is 0 Å². The molecular weight excluding hydrogens is 326 g/mol. The summed E-state index contributed by atoms with van der Waals surface area (Å²) in [5.74, 6) is 0.718. The van der Waals surface area contributed by atoms with Gasteiger partial charge in [-0.1, -0.05) is 25.3 Å². The van der Waals surface area contributed by atoms with E-state index in [4.69, 9.17) is 4.74 Å². The van der Waals surface area contributed by atoms with E-state index in [2.05, 4.69) is 20.9 Å². The number of ether oxygens (including phenoxy) is 1. The predicted octanol–water partition coefficient (Wildman–Crippen LogP) is 3.02. The van der Waals surface area contributed by atoms with Crippen LogP contribution in [-0.2, 0) is 9.53 Å². The van der Waals surface area contributed by atoms with Crippen LogP contribution in [0.15, 0.2) is 24.5 Å². The zero-order valence-electron chi connectivity index (χ0n) is 15.8. The van der Waals surface area contributed by atoms with Gasteiger partial charge in [-0.15, -0.1) is 0 Å². The Balaban J connectivity index is 1.35. The Morgan fingerprint density at radius 3 is 2.58 bits per heavy atom. The molecule has 5 nitrogen and oxygen atoms in total. The van der Waals surface area contributed by atoms with Crippen LogP contribution in [0.1, 0.15) is 56.6 Å². The lowest BCUT2D eigenvalue weighted by Crippen LogP contribution is -2.60. The average Bonchev–Trinajstić information content (AvgIpc) is 2.69. The Bertz CT molecular complexity index is 595. The molecule has 5 heteroatoms. The molecular formula is C21H31N3O2. The predicted molar refractivity (Wildman–Crippen MR) is 101 cm³/mol. The molecule has 4 rings (SSSR count). The first-order chi connectivity index (χ1) is 12.8. The first kappa shape index (κ1) is 17.9. The van der Waals surface area contributed by atoms with Crippen LogP contribution >= 0.6 is 0 Å². The second-order valence-electron chi connectivity index (χ2n) is 8.09. The summed E-state index contributed by atoms with van der Waals surface area (Å²) in [6.07, 6.45) is 12.1. The topological polar surface area (TPSA) is 45.7 Å². The normalized spacial score (nSPS) is 28.7. The summed E-state index contributed by atoms with van der Waals surface area (Å²) in [4.78, 5) is 21.8. The zero-order chi connectivity index (χ0) is 17.9. The van der Waals surface area contributed by atoms with Crippen molar-refractivity contribution in [3.05, 3.63) is 30.1 Å². The summed E-state index contributed by atoms with van der Waals surface area (Å²) in [5, 5.41) is 0. The molecule has 1 aromatic heterocycles. The van der Waals surface area contributed by atoms with Crippen molar-refractivity contribution in [2.45, 2.75) is 63.1 Å². The number of carbonyl (C=O) groups excluding carboxylic acids is 1. The van der Waals surface area contributed by atoms with Crippen molar-refractivity contribution in [3.63, 3.8) is 0 Å². The van der Waals surface area contributed by atoms with Crippen LogP contribution in [0.25, 0.3) is 0 Å². The molecule has 0 bridgehead atoms. The lowest BCUT2D eigenvalue weighted by Gasteiger charge is -2.53. The van der Waals surface area contributed by atoms with E-state index in [0.717, 1.165) is 45.3 Å². The SMILES string of the molecule is COC1CN(C2CCN(C(=O)C3CCCCC3)CC2)C1c1cccnc1. The summed E-state index contributed by atoms with van der Waals surface area (Å²) in [6, 6.07) is 5.00. The van der Waals surface area contributed by atoms with E-state index in [1.54, 1.807) is 7.11 Å². The van der Waals surface area contributed by atoms with E-state index in [9.17, 15) is 4.79 Å². The summed E-state index contributed by atoms with van der Waals surface area (Å²) in [7, 11) is 1.80. The van der Waals surface area contributed by atoms with Gasteiger partial charge in [-0.05, 0) is 37.3 Å². The lowest BCUT2D eigenvalue weighted by molar-refractivity contribution is -0.142. The highest BCUT2D eigenvalue weighted by Gasteiger charge is 2.45. The molecule has 2 saturated heterocycles. The highest BCUT2D eigenvalue weighted by Crippen LogP contribution is 2.39. The summed E-state index contributed by atoms with van der Waals surface area (Å²) in [5.41, 5.74) is 1.24. The van der Waals surface area contributed by atoms with E-state index in [1.165, 1.54) is 24.8 Å². The van der Waals surface area contributed by atoms with Crippen LogP contribution in [0.3, 0.4) is 0 Å². The molecule has 3 heterocycles. The van der Waals surface area contributed by atoms with Crippen LogP contribution in [0, 0.1) is 5.92 Å². The number of pyridine rings is 1. The maximum absolute atomic E-state index is 12.8. The van der Waals surface area contributed by atoms with Crippen LogP contribution in [0.4, 0.5) is 0 Å². The number of methoxy groups -OCH3 is 1. The van der Waals surface area contributed by atoms with Gasteiger partial charge >= 0.3 is 0 Å². The first-order valence-corrected chi connectivity index (χ1v) is 10.2. The molecule has 2 aliphatic heterocycles. The first-order valence-electron chi connectivity index (χ1n) is 10.2. The number of amides is 1. The molecule has 2 unspecified atom stereocenters. The third kappa shape index (κ3) is 3.52. The summed E-state index contributed by atoms with van der Waals surface area (Å²) < 4.78 is 5.68. The minimum absolute atomic E-state index is 0.251. The van der Waals surface area contributed by atoms with Gasteiger partial charge in [-0.25, -0.2) is 0 Å². The fourth-order valence-corrected chi connectivity index (χ4v) is 5.06. The van der Waals surface area contributed by atoms with Gasteiger partial charge in [-0.2, -0.15) is 0 Å². The van der Waals surface area contributed by atoms with E-state index in [0.29, 0.717) is 23.9 Å². The van der Waals surface area contributed by atoms with Gasteiger partial charge in [0.15, 0.2) is 0 Å². The third-order valence-corrected chi connectivity index (χ3v) is 6.63. The van der Waals surface area contributed by atoms with Crippen LogP contribution < -0.4 is 0 Å². The van der Waals surface area contributed by atoms with Crippen molar-refractivity contribution in [1.82, 2.24) is 14.8 Å². The highest BCUT2D eigenvalue weighted by atomic mass is 16.5. The van der Waals surface area contributed by atoms with Gasteiger partial charge in [0.25, 0.3) is 0 Å². The Morgan fingerprint density at radius 2 is 1.92 bits per heavy atom. The van der Waals surface area contributed by atoms with E-state index < -0.39 is 0 Å². The molecule has 0 aromatic carbocycles. The van der Waals surface area contributed by atoms with Crippen molar-refractivity contribution < 1.29 is 9.53 Å². The lowest BCUT2D eigenvalue weighted by atomic mass is 9.86. The van der Waals surface area contributed by atoms with Gasteiger partial charge in [0.1, 0.15) is 0 Å². The molecule has 2 atom stereocenters. The zero-order valence-corrected chi connectivity index (χ0v) is 15.8. The maximum Gasteiger partial charge on any atom is 0.225 e. The minimum atomic E-state index is 0.251. The second-order valence-corrected chi connectivity index (χ2v) is 8.09. The molecule has 0 N–H and O–H groups in total. The smallest absolute Gasteiger partial charge is 0.225 e. The number of nitrogens with zero attached hydrogens (tertiary/aromatic N) is 3. The highest BCUT2D eigenvalue weighted by molar-refractivity contribution is 5.79. The Labute approximate surface area is 156 Å². The van der Waals surface area contributed by atoms with Crippen LogP contribution in [0.2, 0.25) is 0 Å². The number of hydrogen-bond donors (Lipinski definition) is 0. The maximum atomic E-state index is 12.8. The molecule has 1 aromatic rings. The van der Waals surface area contributed by atoms with Crippen molar-refractivity contribution in [2.75, 3.05) is 26.7 Å². The Kier molecular flexibility index (Phi) is 5.55. The molecule has 1 saturated carbocycles. The largest absolute Gasteiger partial charge is 0.378 e. The second kappa shape index (κ2) is 8.05. The Hall–Kier alpha value is -1.46. The van der Waals surface area contributed by atoms with Gasteiger partial charge in [0, 0.05) is 51.1 Å². The number of piperidine rings is 1. The molecule has 26 heavy (non-hydrogen) atoms. The monoisotopic (exact) mass is 357 g/mol. The fraction of sp³-hybridized carbons (Fsp3) is 0.714. The van der Waals surface area contributed by atoms with E-state index in [1.807, 2.05) is 18.5 Å². The molecule has 0 spiro atoms. The number of likely N-dealkylation sites (tertiary alicyclic amines) is 2. The molecule has 3 fully saturated rings. The standard InChI is InChI=1S/C21H31N3O2/c1-26-19-15-24(20(19)17-8-5-11-22-14-17)18-9-12-23(13-10-18)21(25)16-6-3-2-4-7-16/h5,8,11,14,16,18-20H,2-4,6-7,9-10,12-13,15H2,1H3. The summed E-state index contributed by atoms with van der Waals surface area (Å²) >= 11 is 0. The van der Waals surface area contributed by atoms with E-state index in [-0.39, 0.29) is 6.10 Å². The van der Waals surface area contributed by atoms with Crippen LogP contribution in [-0.4, -0.2) is 59.6 Å². The molecule has 3 aliphatic rings. The van der Waals surface area contributed by atoms with Crippen molar-refractivity contribution in [2.24, 2.45) is 5.92 Å². The van der Waals surface area contributed by atoms with Gasteiger partial charge in [0.05, 0.1) is 12.1 Å². The fourth-order valence-electron chi connectivity index (χ4n) is 5.06.